The first-order valence-electron chi connectivity index (χ1n) is 7.63. The monoisotopic (exact) mass is 336 g/mol. The number of hydrogen-bond acceptors (Lipinski definition) is 6. The summed E-state index contributed by atoms with van der Waals surface area (Å²) in [5.41, 5.74) is 0.860. The van der Waals surface area contributed by atoms with E-state index < -0.39 is 43.2 Å². The van der Waals surface area contributed by atoms with Crippen LogP contribution in [0.5, 0.6) is 5.75 Å². The van der Waals surface area contributed by atoms with Gasteiger partial charge >= 0.3 is 0 Å². The van der Waals surface area contributed by atoms with Gasteiger partial charge in [-0.2, -0.15) is 0 Å². The second-order valence-electron chi connectivity index (χ2n) is 5.75. The van der Waals surface area contributed by atoms with Crippen LogP contribution in [0.2, 0.25) is 0 Å². The summed E-state index contributed by atoms with van der Waals surface area (Å²) in [5, 5.41) is 32.9. The van der Waals surface area contributed by atoms with Crippen molar-refractivity contribution >= 4 is 16.8 Å². The predicted octanol–water partition coefficient (Wildman–Crippen LogP) is -0.510. The Hall–Kier alpha value is -2.13. The van der Waals surface area contributed by atoms with E-state index in [0.717, 1.165) is 10.9 Å². The molecule has 0 unspecified atom stereocenters. The average Bonchev–Trinajstić information content (AvgIpc) is 2.97. The predicted molar refractivity (Wildman–Crippen MR) is 84.3 cm³/mol. The van der Waals surface area contributed by atoms with Crippen LogP contribution < -0.4 is 10.1 Å². The summed E-state index contributed by atoms with van der Waals surface area (Å²) in [6, 6.07) is 6.48. The maximum atomic E-state index is 11.4. The van der Waals surface area contributed by atoms with Gasteiger partial charge in [0, 0.05) is 24.0 Å². The number of aromatic amines is 1. The largest absolute Gasteiger partial charge is 0.460 e. The molecule has 1 saturated heterocycles. The lowest BCUT2D eigenvalue weighted by molar-refractivity contribution is -0.244. The molecule has 0 aliphatic carbocycles. The Morgan fingerprint density at radius 2 is 2.08 bits per heavy atom. The molecule has 0 radical (unpaired) electrons. The fourth-order valence-electron chi connectivity index (χ4n) is 2.84. The molecule has 0 bridgehead atoms. The van der Waals surface area contributed by atoms with Gasteiger partial charge in [-0.15, -0.1) is 0 Å². The van der Waals surface area contributed by atoms with Crippen molar-refractivity contribution in [3.8, 4) is 5.75 Å². The van der Waals surface area contributed by atoms with E-state index in [1.165, 1.54) is 6.92 Å². The van der Waals surface area contributed by atoms with Crippen molar-refractivity contribution < 1.29 is 29.6 Å². The third-order valence-corrected chi connectivity index (χ3v) is 4.05. The minimum Gasteiger partial charge on any atom is -0.460 e. The molecule has 2 heterocycles. The SMILES string of the molecule is CC(=O)N[C@H]1[C@H](Oc2c[nH]c3ccccc23)O[C@H](CO)[C@H](O)[C@@H]1O. The van der Waals surface area contributed by atoms with Crippen LogP contribution in [-0.2, 0) is 9.53 Å². The Morgan fingerprint density at radius 3 is 2.79 bits per heavy atom. The fourth-order valence-corrected chi connectivity index (χ4v) is 2.84. The summed E-state index contributed by atoms with van der Waals surface area (Å²) in [4.78, 5) is 14.5. The van der Waals surface area contributed by atoms with Gasteiger partial charge in [0.15, 0.2) is 0 Å². The van der Waals surface area contributed by atoms with E-state index >= 15 is 0 Å². The van der Waals surface area contributed by atoms with E-state index in [-0.39, 0.29) is 0 Å². The number of para-hydroxylation sites is 1. The van der Waals surface area contributed by atoms with Crippen LogP contribution in [0.4, 0.5) is 0 Å². The van der Waals surface area contributed by atoms with Gasteiger partial charge in [0.05, 0.1) is 6.61 Å². The van der Waals surface area contributed by atoms with Crippen LogP contribution in [0.15, 0.2) is 30.5 Å². The summed E-state index contributed by atoms with van der Waals surface area (Å²) in [6.07, 6.45) is -3.11. The van der Waals surface area contributed by atoms with E-state index in [4.69, 9.17) is 9.47 Å². The van der Waals surface area contributed by atoms with Gasteiger partial charge in [-0.25, -0.2) is 0 Å². The van der Waals surface area contributed by atoms with Crippen LogP contribution in [0.1, 0.15) is 6.92 Å². The van der Waals surface area contributed by atoms with E-state index in [2.05, 4.69) is 10.3 Å². The zero-order valence-electron chi connectivity index (χ0n) is 13.0. The molecule has 5 atom stereocenters. The van der Waals surface area contributed by atoms with Gasteiger partial charge in [-0.05, 0) is 12.1 Å². The lowest BCUT2D eigenvalue weighted by Crippen LogP contribution is -2.65. The Kier molecular flexibility index (Phi) is 4.72. The number of carbonyl (C=O) groups excluding carboxylic acids is 1. The van der Waals surface area contributed by atoms with Crippen molar-refractivity contribution in [2.75, 3.05) is 6.61 Å². The van der Waals surface area contributed by atoms with Crippen LogP contribution in [0.3, 0.4) is 0 Å². The molecule has 1 aliphatic heterocycles. The molecular formula is C16H20N2O6. The number of amides is 1. The third kappa shape index (κ3) is 3.09. The number of fused-ring (bicyclic) bond motifs is 1. The highest BCUT2D eigenvalue weighted by Crippen LogP contribution is 2.29. The molecule has 1 fully saturated rings. The van der Waals surface area contributed by atoms with Crippen molar-refractivity contribution in [3.05, 3.63) is 30.5 Å². The minimum absolute atomic E-state index is 0.398. The Labute approximate surface area is 138 Å². The zero-order chi connectivity index (χ0) is 17.3. The molecule has 1 amide bonds. The van der Waals surface area contributed by atoms with E-state index in [1.807, 2.05) is 24.3 Å². The van der Waals surface area contributed by atoms with Crippen molar-refractivity contribution in [1.82, 2.24) is 10.3 Å². The molecule has 130 valence electrons. The number of nitrogens with one attached hydrogen (secondary N) is 2. The van der Waals surface area contributed by atoms with Gasteiger partial charge < -0.3 is 35.1 Å². The second kappa shape index (κ2) is 6.78. The standard InChI is InChI=1S/C16H20N2O6/c1-8(20)18-13-15(22)14(21)12(7-19)24-16(13)23-11-6-17-10-5-3-2-4-9(10)11/h2-6,12-17,19,21-22H,7H2,1H3,(H,18,20)/t12-,13-,14+,15-,16-/m1/s1. The number of aliphatic hydroxyl groups is 3. The van der Waals surface area contributed by atoms with Gasteiger partial charge in [-0.1, -0.05) is 12.1 Å². The van der Waals surface area contributed by atoms with Crippen LogP contribution in [0.25, 0.3) is 10.9 Å². The normalized spacial score (nSPS) is 30.2. The first-order valence-corrected chi connectivity index (χ1v) is 7.63. The van der Waals surface area contributed by atoms with Crippen molar-refractivity contribution in [2.24, 2.45) is 0 Å². The highest BCUT2D eigenvalue weighted by atomic mass is 16.7. The van der Waals surface area contributed by atoms with Crippen LogP contribution >= 0.6 is 0 Å². The summed E-state index contributed by atoms with van der Waals surface area (Å²) >= 11 is 0. The number of ether oxygens (including phenoxy) is 2. The third-order valence-electron chi connectivity index (χ3n) is 4.05. The van der Waals surface area contributed by atoms with Gasteiger partial charge in [0.2, 0.25) is 12.2 Å². The second-order valence-corrected chi connectivity index (χ2v) is 5.75. The molecule has 0 saturated carbocycles. The number of aliphatic hydroxyl groups excluding tert-OH is 3. The number of hydrogen-bond donors (Lipinski definition) is 5. The molecule has 0 spiro atoms. The zero-order valence-corrected chi connectivity index (χ0v) is 13.0. The maximum Gasteiger partial charge on any atom is 0.223 e. The van der Waals surface area contributed by atoms with Crippen molar-refractivity contribution in [2.45, 2.75) is 37.6 Å². The minimum atomic E-state index is -1.34. The van der Waals surface area contributed by atoms with E-state index in [1.54, 1.807) is 6.20 Å². The highest BCUT2D eigenvalue weighted by molar-refractivity contribution is 5.85. The molecule has 24 heavy (non-hydrogen) atoms. The molecule has 8 nitrogen and oxygen atoms in total. The Morgan fingerprint density at radius 1 is 1.33 bits per heavy atom. The molecule has 1 aromatic heterocycles. The summed E-state index contributed by atoms with van der Waals surface area (Å²) < 4.78 is 11.4. The first kappa shape index (κ1) is 16.7. The summed E-state index contributed by atoms with van der Waals surface area (Å²) in [6.45, 7) is 0.804. The summed E-state index contributed by atoms with van der Waals surface area (Å²) in [5.74, 6) is 0.0797. The van der Waals surface area contributed by atoms with Crippen molar-refractivity contribution in [3.63, 3.8) is 0 Å². The summed E-state index contributed by atoms with van der Waals surface area (Å²) in [7, 11) is 0. The quantitative estimate of drug-likeness (QED) is 0.512. The highest BCUT2D eigenvalue weighted by Gasteiger charge is 2.46. The average molecular weight is 336 g/mol. The number of rotatable bonds is 4. The molecule has 2 aromatic rings. The van der Waals surface area contributed by atoms with Crippen LogP contribution in [-0.4, -0.2) is 63.5 Å². The Balaban J connectivity index is 1.88. The van der Waals surface area contributed by atoms with Gasteiger partial charge in [0.1, 0.15) is 30.1 Å². The molecule has 1 aliphatic rings. The van der Waals surface area contributed by atoms with Crippen molar-refractivity contribution in [1.29, 1.82) is 0 Å². The van der Waals surface area contributed by atoms with E-state index in [0.29, 0.717) is 5.75 Å². The lowest BCUT2D eigenvalue weighted by atomic mass is 9.97. The Bertz CT molecular complexity index is 717. The molecule has 8 heteroatoms. The smallest absolute Gasteiger partial charge is 0.223 e. The molecule has 1 aromatic carbocycles. The van der Waals surface area contributed by atoms with Gasteiger partial charge in [-0.3, -0.25) is 4.79 Å². The topological polar surface area (TPSA) is 124 Å². The number of H-pyrrole nitrogens is 1. The number of aromatic nitrogens is 1. The van der Waals surface area contributed by atoms with Crippen LogP contribution in [0, 0.1) is 0 Å². The first-order chi connectivity index (χ1) is 11.5. The van der Waals surface area contributed by atoms with Gasteiger partial charge in [0.25, 0.3) is 0 Å². The molecular weight excluding hydrogens is 316 g/mol. The lowest BCUT2D eigenvalue weighted by Gasteiger charge is -2.41. The molecule has 5 N–H and O–H groups in total. The maximum absolute atomic E-state index is 11.4. The fraction of sp³-hybridized carbons (Fsp3) is 0.438. The van der Waals surface area contributed by atoms with E-state index in [9.17, 15) is 20.1 Å². The number of carbonyl (C=O) groups is 1. The number of benzene rings is 1. The molecule has 3 rings (SSSR count).